The fourth-order valence-corrected chi connectivity index (χ4v) is 1.57. The van der Waals surface area contributed by atoms with Crippen molar-refractivity contribution in [1.29, 1.82) is 0 Å². The third-order valence-corrected chi connectivity index (χ3v) is 2.50. The third kappa shape index (κ3) is 4.77. The van der Waals surface area contributed by atoms with Gasteiger partial charge in [-0.05, 0) is 18.6 Å². The number of hydrogen-bond acceptors (Lipinski definition) is 3. The first-order valence-corrected chi connectivity index (χ1v) is 6.04. The van der Waals surface area contributed by atoms with Crippen molar-refractivity contribution in [2.45, 2.75) is 32.8 Å². The highest BCUT2D eigenvalue weighted by atomic mass is 19.3. The summed E-state index contributed by atoms with van der Waals surface area (Å²) in [5.41, 5.74) is 0.533. The minimum absolute atomic E-state index is 0.141. The predicted molar refractivity (Wildman–Crippen MR) is 67.6 cm³/mol. The van der Waals surface area contributed by atoms with Gasteiger partial charge in [-0.2, -0.15) is 8.78 Å². The molecule has 0 aliphatic heterocycles. The van der Waals surface area contributed by atoms with Crippen LogP contribution >= 0.6 is 0 Å². The number of unbranched alkanes of at least 4 members (excludes halogenated alkanes) is 2. The molecule has 0 aliphatic rings. The zero-order valence-electron chi connectivity index (χ0n) is 10.7. The van der Waals surface area contributed by atoms with E-state index in [0.29, 0.717) is 11.4 Å². The van der Waals surface area contributed by atoms with Crippen LogP contribution in [0.4, 0.5) is 14.5 Å². The van der Waals surface area contributed by atoms with Gasteiger partial charge in [0.05, 0.1) is 12.8 Å². The molecule has 0 saturated carbocycles. The lowest BCUT2D eigenvalue weighted by Crippen LogP contribution is -2.07. The van der Waals surface area contributed by atoms with Gasteiger partial charge in [-0.25, -0.2) is 0 Å². The Labute approximate surface area is 106 Å². The molecule has 0 aromatic heterocycles. The number of hydrogen-bond donors (Lipinski definition) is 1. The Morgan fingerprint density at radius 3 is 2.67 bits per heavy atom. The molecule has 0 heterocycles. The maximum Gasteiger partial charge on any atom is 0.387 e. The molecular weight excluding hydrogens is 240 g/mol. The summed E-state index contributed by atoms with van der Waals surface area (Å²) in [6.45, 7) is 0.00638. The molecule has 0 aliphatic carbocycles. The van der Waals surface area contributed by atoms with Gasteiger partial charge in [0, 0.05) is 12.6 Å². The minimum atomic E-state index is -2.82. The maximum absolute atomic E-state index is 12.2. The normalized spacial score (nSPS) is 10.5. The average Bonchev–Trinajstić information content (AvgIpc) is 2.35. The van der Waals surface area contributed by atoms with E-state index < -0.39 is 6.61 Å². The largest absolute Gasteiger partial charge is 0.497 e. The van der Waals surface area contributed by atoms with Gasteiger partial charge in [0.1, 0.15) is 11.5 Å². The highest BCUT2D eigenvalue weighted by Gasteiger charge is 2.10. The fourth-order valence-electron chi connectivity index (χ4n) is 1.57. The van der Waals surface area contributed by atoms with Gasteiger partial charge in [0.25, 0.3) is 0 Å². The zero-order valence-corrected chi connectivity index (χ0v) is 10.7. The van der Waals surface area contributed by atoms with Crippen LogP contribution in [-0.4, -0.2) is 20.3 Å². The molecule has 0 amide bonds. The van der Waals surface area contributed by atoms with Crippen molar-refractivity contribution in [2.75, 3.05) is 19.0 Å². The van der Waals surface area contributed by atoms with Crippen LogP contribution in [0.25, 0.3) is 0 Å². The summed E-state index contributed by atoms with van der Waals surface area (Å²) in [5.74, 6) is 0.747. The quantitative estimate of drug-likeness (QED) is 0.718. The SMILES string of the molecule is CCCCCNc1cc(OC)ccc1OC(F)F. The van der Waals surface area contributed by atoms with Crippen LogP contribution in [-0.2, 0) is 0 Å². The summed E-state index contributed by atoms with van der Waals surface area (Å²) in [7, 11) is 1.53. The topological polar surface area (TPSA) is 30.5 Å². The Hall–Kier alpha value is -1.52. The monoisotopic (exact) mass is 259 g/mol. The molecule has 0 unspecified atom stereocenters. The molecule has 18 heavy (non-hydrogen) atoms. The summed E-state index contributed by atoms with van der Waals surface area (Å²) in [5, 5.41) is 3.09. The maximum atomic E-state index is 12.2. The van der Waals surface area contributed by atoms with Crippen LogP contribution in [0.2, 0.25) is 0 Å². The van der Waals surface area contributed by atoms with Crippen LogP contribution in [0.1, 0.15) is 26.2 Å². The van der Waals surface area contributed by atoms with E-state index in [2.05, 4.69) is 17.0 Å². The molecule has 0 atom stereocenters. The van der Waals surface area contributed by atoms with Gasteiger partial charge < -0.3 is 14.8 Å². The molecule has 0 saturated heterocycles. The van der Waals surface area contributed by atoms with Gasteiger partial charge in [-0.3, -0.25) is 0 Å². The van der Waals surface area contributed by atoms with Crippen molar-refractivity contribution in [2.24, 2.45) is 0 Å². The molecule has 0 spiro atoms. The van der Waals surface area contributed by atoms with E-state index in [1.807, 2.05) is 0 Å². The van der Waals surface area contributed by atoms with Crippen molar-refractivity contribution >= 4 is 5.69 Å². The van der Waals surface area contributed by atoms with Gasteiger partial charge in [0.15, 0.2) is 0 Å². The molecule has 3 nitrogen and oxygen atoms in total. The summed E-state index contributed by atoms with van der Waals surface area (Å²) in [4.78, 5) is 0. The van der Waals surface area contributed by atoms with Crippen LogP contribution in [0, 0.1) is 0 Å². The lowest BCUT2D eigenvalue weighted by molar-refractivity contribution is -0.0493. The summed E-state index contributed by atoms with van der Waals surface area (Å²) >= 11 is 0. The average molecular weight is 259 g/mol. The first-order valence-electron chi connectivity index (χ1n) is 6.04. The van der Waals surface area contributed by atoms with Crippen LogP contribution in [0.5, 0.6) is 11.5 Å². The van der Waals surface area contributed by atoms with Crippen molar-refractivity contribution in [1.82, 2.24) is 0 Å². The number of halogens is 2. The molecule has 1 aromatic carbocycles. The van der Waals surface area contributed by atoms with E-state index in [-0.39, 0.29) is 5.75 Å². The number of rotatable bonds is 8. The molecule has 1 N–H and O–H groups in total. The molecule has 1 rings (SSSR count). The van der Waals surface area contributed by atoms with Crippen molar-refractivity contribution in [3.05, 3.63) is 18.2 Å². The number of alkyl halides is 2. The van der Waals surface area contributed by atoms with Gasteiger partial charge >= 0.3 is 6.61 Å². The second-order valence-corrected chi connectivity index (χ2v) is 3.87. The highest BCUT2D eigenvalue weighted by Crippen LogP contribution is 2.30. The fraction of sp³-hybridized carbons (Fsp3) is 0.538. The Balaban J connectivity index is 2.69. The Morgan fingerprint density at radius 1 is 1.28 bits per heavy atom. The van der Waals surface area contributed by atoms with Crippen molar-refractivity contribution in [3.8, 4) is 11.5 Å². The lowest BCUT2D eigenvalue weighted by Gasteiger charge is -2.13. The Morgan fingerprint density at radius 2 is 2.06 bits per heavy atom. The summed E-state index contributed by atoms with van der Waals surface area (Å²) in [6, 6.07) is 4.73. The van der Waals surface area contributed by atoms with Crippen molar-refractivity contribution in [3.63, 3.8) is 0 Å². The van der Waals surface area contributed by atoms with Crippen LogP contribution in [0.15, 0.2) is 18.2 Å². The van der Waals surface area contributed by atoms with E-state index >= 15 is 0 Å². The molecule has 1 aromatic rings. The smallest absolute Gasteiger partial charge is 0.387 e. The Kier molecular flexibility index (Phi) is 6.25. The lowest BCUT2D eigenvalue weighted by atomic mass is 10.2. The van der Waals surface area contributed by atoms with E-state index in [4.69, 9.17) is 4.74 Å². The third-order valence-electron chi connectivity index (χ3n) is 2.50. The second kappa shape index (κ2) is 7.74. The molecule has 102 valence electrons. The number of nitrogens with one attached hydrogen (secondary N) is 1. The Bertz CT molecular complexity index is 359. The van der Waals surface area contributed by atoms with E-state index in [0.717, 1.165) is 25.8 Å². The minimum Gasteiger partial charge on any atom is -0.497 e. The van der Waals surface area contributed by atoms with E-state index in [9.17, 15) is 8.78 Å². The first kappa shape index (κ1) is 14.5. The molecule has 0 radical (unpaired) electrons. The van der Waals surface area contributed by atoms with Gasteiger partial charge in [-0.15, -0.1) is 0 Å². The first-order chi connectivity index (χ1) is 8.67. The van der Waals surface area contributed by atoms with E-state index in [1.54, 1.807) is 12.1 Å². The zero-order chi connectivity index (χ0) is 13.4. The summed E-state index contributed by atoms with van der Waals surface area (Å²) in [6.07, 6.45) is 3.20. The second-order valence-electron chi connectivity index (χ2n) is 3.87. The predicted octanol–water partition coefficient (Wildman–Crippen LogP) is 3.90. The number of ether oxygens (including phenoxy) is 2. The van der Waals surface area contributed by atoms with Crippen molar-refractivity contribution < 1.29 is 18.3 Å². The molecule has 0 bridgehead atoms. The van der Waals surface area contributed by atoms with Gasteiger partial charge in [0.2, 0.25) is 0 Å². The van der Waals surface area contributed by atoms with Crippen LogP contribution < -0.4 is 14.8 Å². The molecular formula is C13H19F2NO2. The standard InChI is InChI=1S/C13H19F2NO2/c1-3-4-5-8-16-11-9-10(17-2)6-7-12(11)18-13(14)15/h6-7,9,13,16H,3-5,8H2,1-2H3. The number of methoxy groups -OCH3 is 1. The molecule has 0 fully saturated rings. The number of benzene rings is 1. The van der Waals surface area contributed by atoms with E-state index in [1.165, 1.54) is 13.2 Å². The molecule has 5 heteroatoms. The number of anilines is 1. The summed E-state index contributed by atoms with van der Waals surface area (Å²) < 4.78 is 34.0. The van der Waals surface area contributed by atoms with Crippen LogP contribution in [0.3, 0.4) is 0 Å². The van der Waals surface area contributed by atoms with Gasteiger partial charge in [-0.1, -0.05) is 19.8 Å². The highest BCUT2D eigenvalue weighted by molar-refractivity contribution is 5.59.